The molecule has 170 valence electrons. The number of aliphatic hydroxyl groups excluding tert-OH is 6. The lowest BCUT2D eigenvalue weighted by Crippen LogP contribution is -2.45. The van der Waals surface area contributed by atoms with E-state index in [1.165, 1.54) is 0 Å². The molecule has 0 fully saturated rings. The first kappa shape index (κ1) is 27.6. The van der Waals surface area contributed by atoms with E-state index in [-0.39, 0.29) is 39.6 Å². The molecule has 0 aliphatic heterocycles. The van der Waals surface area contributed by atoms with Crippen LogP contribution in [0.4, 0.5) is 0 Å². The first-order valence-electron chi connectivity index (χ1n) is 10.2. The highest BCUT2D eigenvalue weighted by atomic mass is 16.3. The summed E-state index contributed by atoms with van der Waals surface area (Å²) in [5.41, 5.74) is 0. The number of rotatable bonds is 21. The summed E-state index contributed by atoms with van der Waals surface area (Å²) in [6, 6.07) is 0. The standard InChI is InChI=1S/C18H42N4O6/c23-13-7-20(8-14-24)4-1-19(2-5-21(9-15-25)10-16-26)3-6-22(11-17-27)12-18-28/h23-28H,1-18H2. The van der Waals surface area contributed by atoms with E-state index < -0.39 is 0 Å². The van der Waals surface area contributed by atoms with Gasteiger partial charge >= 0.3 is 0 Å². The van der Waals surface area contributed by atoms with Crippen LogP contribution in [0.1, 0.15) is 0 Å². The van der Waals surface area contributed by atoms with Crippen molar-refractivity contribution in [3.05, 3.63) is 0 Å². The Morgan fingerprint density at radius 2 is 0.393 bits per heavy atom. The van der Waals surface area contributed by atoms with Gasteiger partial charge in [0.2, 0.25) is 0 Å². The van der Waals surface area contributed by atoms with E-state index in [0.29, 0.717) is 58.9 Å². The van der Waals surface area contributed by atoms with Crippen LogP contribution in [-0.2, 0) is 0 Å². The zero-order chi connectivity index (χ0) is 21.0. The quantitative estimate of drug-likeness (QED) is 0.112. The van der Waals surface area contributed by atoms with Crippen molar-refractivity contribution in [3.8, 4) is 0 Å². The molecule has 10 nitrogen and oxygen atoms in total. The Hall–Kier alpha value is -0.400. The molecule has 10 heteroatoms. The van der Waals surface area contributed by atoms with Crippen LogP contribution < -0.4 is 0 Å². The van der Waals surface area contributed by atoms with Crippen molar-refractivity contribution in [3.63, 3.8) is 0 Å². The van der Waals surface area contributed by atoms with Crippen LogP contribution >= 0.6 is 0 Å². The lowest BCUT2D eigenvalue weighted by atomic mass is 10.3. The van der Waals surface area contributed by atoms with Gasteiger partial charge in [0.05, 0.1) is 39.6 Å². The third kappa shape index (κ3) is 14.6. The van der Waals surface area contributed by atoms with Crippen molar-refractivity contribution in [2.24, 2.45) is 0 Å². The smallest absolute Gasteiger partial charge is 0.0558 e. The highest BCUT2D eigenvalue weighted by molar-refractivity contribution is 4.69. The summed E-state index contributed by atoms with van der Waals surface area (Å²) < 4.78 is 0. The van der Waals surface area contributed by atoms with Gasteiger partial charge in [-0.05, 0) is 0 Å². The normalized spacial score (nSPS) is 12.2. The van der Waals surface area contributed by atoms with Crippen molar-refractivity contribution < 1.29 is 30.6 Å². The molecule has 28 heavy (non-hydrogen) atoms. The Balaban J connectivity index is 4.72. The Morgan fingerprint density at radius 3 is 0.536 bits per heavy atom. The van der Waals surface area contributed by atoms with E-state index in [4.69, 9.17) is 0 Å². The summed E-state index contributed by atoms with van der Waals surface area (Å²) in [7, 11) is 0. The van der Waals surface area contributed by atoms with Gasteiger partial charge in [-0.2, -0.15) is 0 Å². The minimum atomic E-state index is 0.0432. The van der Waals surface area contributed by atoms with Crippen LogP contribution in [0.15, 0.2) is 0 Å². The van der Waals surface area contributed by atoms with Gasteiger partial charge in [0.15, 0.2) is 0 Å². The Bertz CT molecular complexity index is 265. The van der Waals surface area contributed by atoms with Gasteiger partial charge < -0.3 is 30.6 Å². The maximum atomic E-state index is 9.17. The van der Waals surface area contributed by atoms with E-state index in [1.807, 2.05) is 14.7 Å². The molecule has 6 N–H and O–H groups in total. The number of hydrogen-bond donors (Lipinski definition) is 6. The lowest BCUT2D eigenvalue weighted by molar-refractivity contribution is 0.109. The predicted octanol–water partition coefficient (Wildman–Crippen LogP) is -3.85. The number of aliphatic hydroxyl groups is 6. The second-order valence-electron chi connectivity index (χ2n) is 6.71. The topological polar surface area (TPSA) is 134 Å². The fraction of sp³-hybridized carbons (Fsp3) is 1.00. The van der Waals surface area contributed by atoms with Crippen LogP contribution in [0, 0.1) is 0 Å². The number of nitrogens with zero attached hydrogens (tertiary/aromatic N) is 4. The van der Waals surface area contributed by atoms with Gasteiger partial charge in [0, 0.05) is 78.5 Å². The SMILES string of the molecule is OCCN(CCO)CCN(CCN(CCO)CCO)CCN(CCO)CCO. The zero-order valence-electron chi connectivity index (χ0n) is 17.2. The van der Waals surface area contributed by atoms with Gasteiger partial charge in [0.25, 0.3) is 0 Å². The van der Waals surface area contributed by atoms with Crippen molar-refractivity contribution in [1.82, 2.24) is 19.6 Å². The maximum Gasteiger partial charge on any atom is 0.0558 e. The predicted molar refractivity (Wildman–Crippen MR) is 108 cm³/mol. The summed E-state index contributed by atoms with van der Waals surface area (Å²) in [6.45, 7) is 7.70. The van der Waals surface area contributed by atoms with Crippen molar-refractivity contribution in [2.75, 3.05) is 118 Å². The molecule has 0 bridgehead atoms. The average molecular weight is 411 g/mol. The average Bonchev–Trinajstić information content (AvgIpc) is 2.68. The largest absolute Gasteiger partial charge is 0.395 e. The fourth-order valence-electron chi connectivity index (χ4n) is 3.04. The Morgan fingerprint density at radius 1 is 0.250 bits per heavy atom. The van der Waals surface area contributed by atoms with Gasteiger partial charge in [0.1, 0.15) is 0 Å². The highest BCUT2D eigenvalue weighted by Gasteiger charge is 2.13. The third-order valence-electron chi connectivity index (χ3n) is 4.69. The first-order valence-corrected chi connectivity index (χ1v) is 10.2. The van der Waals surface area contributed by atoms with E-state index in [0.717, 1.165) is 19.6 Å². The molecule has 0 saturated heterocycles. The molecular formula is C18H42N4O6. The molecule has 0 aromatic rings. The van der Waals surface area contributed by atoms with E-state index in [9.17, 15) is 30.6 Å². The van der Waals surface area contributed by atoms with Crippen molar-refractivity contribution in [2.45, 2.75) is 0 Å². The first-order chi connectivity index (χ1) is 13.6. The second-order valence-corrected chi connectivity index (χ2v) is 6.71. The molecule has 0 aromatic carbocycles. The summed E-state index contributed by atoms with van der Waals surface area (Å²) in [5.74, 6) is 0. The van der Waals surface area contributed by atoms with Gasteiger partial charge in [-0.25, -0.2) is 0 Å². The maximum absolute atomic E-state index is 9.17. The molecule has 0 radical (unpaired) electrons. The number of hydrogen-bond acceptors (Lipinski definition) is 10. The van der Waals surface area contributed by atoms with Crippen molar-refractivity contribution in [1.29, 1.82) is 0 Å². The molecule has 0 unspecified atom stereocenters. The minimum Gasteiger partial charge on any atom is -0.395 e. The van der Waals surface area contributed by atoms with Crippen molar-refractivity contribution >= 4 is 0 Å². The van der Waals surface area contributed by atoms with E-state index >= 15 is 0 Å². The zero-order valence-corrected chi connectivity index (χ0v) is 17.2. The molecule has 0 rings (SSSR count). The summed E-state index contributed by atoms with van der Waals surface area (Å²) in [4.78, 5) is 8.27. The Labute approximate surface area is 169 Å². The van der Waals surface area contributed by atoms with E-state index in [1.54, 1.807) is 0 Å². The summed E-state index contributed by atoms with van der Waals surface area (Å²) >= 11 is 0. The molecular weight excluding hydrogens is 368 g/mol. The Kier molecular flexibility index (Phi) is 19.6. The third-order valence-corrected chi connectivity index (χ3v) is 4.69. The minimum absolute atomic E-state index is 0.0432. The van der Waals surface area contributed by atoms with Crippen LogP contribution in [-0.4, -0.2) is 168 Å². The second kappa shape index (κ2) is 19.9. The van der Waals surface area contributed by atoms with Crippen LogP contribution in [0.5, 0.6) is 0 Å². The molecule has 0 atom stereocenters. The van der Waals surface area contributed by atoms with Crippen LogP contribution in [0.3, 0.4) is 0 Å². The molecule has 0 heterocycles. The fourth-order valence-corrected chi connectivity index (χ4v) is 3.04. The molecule has 0 amide bonds. The molecule has 0 spiro atoms. The summed E-state index contributed by atoms with van der Waals surface area (Å²) in [6.07, 6.45) is 0. The van der Waals surface area contributed by atoms with Gasteiger partial charge in [-0.1, -0.05) is 0 Å². The molecule has 0 aromatic heterocycles. The highest BCUT2D eigenvalue weighted by Crippen LogP contribution is 1.98. The molecule has 0 aliphatic carbocycles. The van der Waals surface area contributed by atoms with E-state index in [2.05, 4.69) is 4.90 Å². The lowest BCUT2D eigenvalue weighted by Gasteiger charge is -2.31. The molecule has 0 aliphatic rings. The summed E-state index contributed by atoms with van der Waals surface area (Å²) in [5, 5.41) is 55.0. The van der Waals surface area contributed by atoms with Gasteiger partial charge in [-0.3, -0.25) is 19.6 Å². The monoisotopic (exact) mass is 410 g/mol. The van der Waals surface area contributed by atoms with Crippen LogP contribution in [0.25, 0.3) is 0 Å². The van der Waals surface area contributed by atoms with Gasteiger partial charge in [-0.15, -0.1) is 0 Å². The molecule has 0 saturated carbocycles. The van der Waals surface area contributed by atoms with Crippen LogP contribution in [0.2, 0.25) is 0 Å².